The van der Waals surface area contributed by atoms with E-state index in [1.807, 2.05) is 16.8 Å². The minimum atomic E-state index is 0.704. The molecule has 0 spiro atoms. The van der Waals surface area contributed by atoms with E-state index in [1.54, 1.807) is 7.11 Å². The second-order valence-corrected chi connectivity index (χ2v) is 6.53. The number of nitrogens with zero attached hydrogens (tertiary/aromatic N) is 4. The van der Waals surface area contributed by atoms with Crippen molar-refractivity contribution in [2.45, 2.75) is 45.4 Å². The van der Waals surface area contributed by atoms with E-state index in [2.05, 4.69) is 28.6 Å². The fourth-order valence-corrected chi connectivity index (χ4v) is 3.37. The predicted molar refractivity (Wildman–Crippen MR) is 93.1 cm³/mol. The number of hydrogen-bond donors (Lipinski definition) is 0. The van der Waals surface area contributed by atoms with Gasteiger partial charge in [-0.2, -0.15) is 5.10 Å². The summed E-state index contributed by atoms with van der Waals surface area (Å²) in [4.78, 5) is 2.22. The Labute approximate surface area is 142 Å². The van der Waals surface area contributed by atoms with Gasteiger partial charge in [-0.05, 0) is 49.8 Å². The number of hydrogen-bond acceptors (Lipinski definition) is 4. The Morgan fingerprint density at radius 3 is 3.00 bits per heavy atom. The summed E-state index contributed by atoms with van der Waals surface area (Å²) in [5.41, 5.74) is 1.22. The SMILES string of the molecule is COc1cccc(CN(C)Cn2nc3n(c2=S)CCCCC3)c1. The molecule has 2 heterocycles. The predicted octanol–water partition coefficient (Wildman–Crippen LogP) is 3.24. The third-order valence-corrected chi connectivity index (χ3v) is 4.67. The molecule has 0 atom stereocenters. The third-order valence-electron chi connectivity index (χ3n) is 4.24. The molecule has 124 valence electrons. The lowest BCUT2D eigenvalue weighted by molar-refractivity contribution is 0.242. The zero-order valence-corrected chi connectivity index (χ0v) is 14.7. The molecule has 0 aliphatic carbocycles. The lowest BCUT2D eigenvalue weighted by Gasteiger charge is -2.17. The molecule has 1 aliphatic rings. The largest absolute Gasteiger partial charge is 0.497 e. The van der Waals surface area contributed by atoms with Crippen LogP contribution in [0.2, 0.25) is 0 Å². The van der Waals surface area contributed by atoms with Gasteiger partial charge in [0, 0.05) is 19.5 Å². The molecule has 0 saturated heterocycles. The van der Waals surface area contributed by atoms with Crippen molar-refractivity contribution < 1.29 is 4.74 Å². The first-order valence-corrected chi connectivity index (χ1v) is 8.56. The summed E-state index contributed by atoms with van der Waals surface area (Å²) >= 11 is 5.61. The average Bonchev–Trinajstić information content (AvgIpc) is 2.73. The second-order valence-electron chi connectivity index (χ2n) is 6.17. The molecular formula is C17H24N4OS. The Balaban J connectivity index is 1.70. The fourth-order valence-electron chi connectivity index (χ4n) is 3.08. The highest BCUT2D eigenvalue weighted by molar-refractivity contribution is 7.71. The number of fused-ring (bicyclic) bond motifs is 1. The summed E-state index contributed by atoms with van der Waals surface area (Å²) in [5.74, 6) is 2.03. The summed E-state index contributed by atoms with van der Waals surface area (Å²) in [6.45, 7) is 2.55. The molecule has 0 N–H and O–H groups in total. The zero-order chi connectivity index (χ0) is 16.2. The van der Waals surface area contributed by atoms with Crippen LogP contribution in [-0.2, 0) is 26.2 Å². The average molecular weight is 332 g/mol. The molecule has 0 saturated carbocycles. The Morgan fingerprint density at radius 1 is 1.30 bits per heavy atom. The summed E-state index contributed by atoms with van der Waals surface area (Å²) < 4.78 is 10.3. The molecule has 0 fully saturated rings. The maximum Gasteiger partial charge on any atom is 0.199 e. The van der Waals surface area contributed by atoms with Crippen LogP contribution in [0.25, 0.3) is 0 Å². The highest BCUT2D eigenvalue weighted by Gasteiger charge is 2.14. The van der Waals surface area contributed by atoms with Crippen molar-refractivity contribution >= 4 is 12.2 Å². The van der Waals surface area contributed by atoms with Crippen molar-refractivity contribution in [1.82, 2.24) is 19.2 Å². The Hall–Kier alpha value is -1.66. The first-order chi connectivity index (χ1) is 11.2. The Kier molecular flexibility index (Phi) is 5.13. The molecule has 6 heteroatoms. The highest BCUT2D eigenvalue weighted by atomic mass is 32.1. The minimum absolute atomic E-state index is 0.704. The molecule has 1 aliphatic heterocycles. The van der Waals surface area contributed by atoms with Crippen molar-refractivity contribution in [3.8, 4) is 5.75 Å². The van der Waals surface area contributed by atoms with Crippen LogP contribution in [0.15, 0.2) is 24.3 Å². The summed E-state index contributed by atoms with van der Waals surface area (Å²) in [6.07, 6.45) is 4.72. The highest BCUT2D eigenvalue weighted by Crippen LogP contribution is 2.16. The van der Waals surface area contributed by atoms with Crippen molar-refractivity contribution in [2.24, 2.45) is 0 Å². The first kappa shape index (κ1) is 16.2. The zero-order valence-electron chi connectivity index (χ0n) is 13.9. The van der Waals surface area contributed by atoms with Crippen LogP contribution in [0, 0.1) is 4.77 Å². The van der Waals surface area contributed by atoms with Gasteiger partial charge in [-0.3, -0.25) is 4.90 Å². The number of aromatic nitrogens is 3. The molecule has 0 amide bonds. The van der Waals surface area contributed by atoms with E-state index in [4.69, 9.17) is 22.1 Å². The first-order valence-electron chi connectivity index (χ1n) is 8.15. The second kappa shape index (κ2) is 7.27. The van der Waals surface area contributed by atoms with Gasteiger partial charge in [0.1, 0.15) is 11.6 Å². The van der Waals surface area contributed by atoms with Crippen LogP contribution in [0.5, 0.6) is 5.75 Å². The van der Waals surface area contributed by atoms with E-state index in [0.29, 0.717) is 6.67 Å². The van der Waals surface area contributed by atoms with Crippen LogP contribution in [0.3, 0.4) is 0 Å². The van der Waals surface area contributed by atoms with Gasteiger partial charge in [0.25, 0.3) is 0 Å². The van der Waals surface area contributed by atoms with Gasteiger partial charge in [-0.1, -0.05) is 18.6 Å². The molecular weight excluding hydrogens is 308 g/mol. The maximum atomic E-state index is 5.61. The molecule has 0 unspecified atom stereocenters. The van der Waals surface area contributed by atoms with E-state index >= 15 is 0 Å². The van der Waals surface area contributed by atoms with Gasteiger partial charge < -0.3 is 9.30 Å². The van der Waals surface area contributed by atoms with Gasteiger partial charge in [0.2, 0.25) is 0 Å². The van der Waals surface area contributed by atoms with Crippen LogP contribution in [0.4, 0.5) is 0 Å². The topological polar surface area (TPSA) is 35.2 Å². The molecule has 0 bridgehead atoms. The van der Waals surface area contributed by atoms with Crippen LogP contribution in [-0.4, -0.2) is 33.4 Å². The maximum absolute atomic E-state index is 5.61. The number of aryl methyl sites for hydroxylation is 1. The fraction of sp³-hybridized carbons (Fsp3) is 0.529. The Morgan fingerprint density at radius 2 is 2.17 bits per heavy atom. The van der Waals surface area contributed by atoms with Crippen molar-refractivity contribution in [3.63, 3.8) is 0 Å². The van der Waals surface area contributed by atoms with Crippen LogP contribution in [0.1, 0.15) is 30.7 Å². The van der Waals surface area contributed by atoms with Crippen LogP contribution < -0.4 is 4.74 Å². The quantitative estimate of drug-likeness (QED) is 0.788. The number of ether oxygens (including phenoxy) is 1. The molecule has 23 heavy (non-hydrogen) atoms. The minimum Gasteiger partial charge on any atom is -0.497 e. The van der Waals surface area contributed by atoms with Gasteiger partial charge in [0.05, 0.1) is 13.8 Å². The number of benzene rings is 1. The molecule has 0 radical (unpaired) electrons. The summed E-state index contributed by atoms with van der Waals surface area (Å²) in [6, 6.07) is 8.16. The van der Waals surface area contributed by atoms with Crippen LogP contribution >= 0.6 is 12.2 Å². The van der Waals surface area contributed by atoms with E-state index in [1.165, 1.54) is 24.8 Å². The molecule has 2 aromatic rings. The van der Waals surface area contributed by atoms with Gasteiger partial charge in [-0.25, -0.2) is 4.68 Å². The third kappa shape index (κ3) is 3.82. The van der Waals surface area contributed by atoms with E-state index in [9.17, 15) is 0 Å². The van der Waals surface area contributed by atoms with E-state index < -0.39 is 0 Å². The van der Waals surface area contributed by atoms with E-state index in [0.717, 1.165) is 35.9 Å². The summed E-state index contributed by atoms with van der Waals surface area (Å²) in [7, 11) is 3.78. The van der Waals surface area contributed by atoms with Gasteiger partial charge in [-0.15, -0.1) is 0 Å². The van der Waals surface area contributed by atoms with Crippen molar-refractivity contribution in [1.29, 1.82) is 0 Å². The van der Waals surface area contributed by atoms with Gasteiger partial charge in [0.15, 0.2) is 4.77 Å². The number of rotatable bonds is 5. The monoisotopic (exact) mass is 332 g/mol. The van der Waals surface area contributed by atoms with Crippen molar-refractivity contribution in [2.75, 3.05) is 14.2 Å². The van der Waals surface area contributed by atoms with Gasteiger partial charge >= 0.3 is 0 Å². The smallest absolute Gasteiger partial charge is 0.199 e. The number of methoxy groups -OCH3 is 1. The Bertz CT molecular complexity index is 722. The lowest BCUT2D eigenvalue weighted by Crippen LogP contribution is -2.22. The van der Waals surface area contributed by atoms with Crippen molar-refractivity contribution in [3.05, 3.63) is 40.4 Å². The van der Waals surface area contributed by atoms with E-state index in [-0.39, 0.29) is 0 Å². The lowest BCUT2D eigenvalue weighted by atomic mass is 10.2. The summed E-state index contributed by atoms with van der Waals surface area (Å²) in [5, 5.41) is 4.73. The normalized spacial score (nSPS) is 14.6. The molecule has 3 rings (SSSR count). The molecule has 5 nitrogen and oxygen atoms in total. The standard InChI is InChI=1S/C17H24N4OS/c1-19(12-14-7-6-8-15(11-14)22-2)13-21-17(23)20-10-5-3-4-9-16(20)18-21/h6-8,11H,3-5,9-10,12-13H2,1-2H3. The molecule has 1 aromatic carbocycles. The molecule has 1 aromatic heterocycles.